The lowest BCUT2D eigenvalue weighted by atomic mass is 9.95. The van der Waals surface area contributed by atoms with Crippen molar-refractivity contribution in [3.05, 3.63) is 29.6 Å². The van der Waals surface area contributed by atoms with E-state index < -0.39 is 0 Å². The van der Waals surface area contributed by atoms with Gasteiger partial charge < -0.3 is 5.32 Å². The van der Waals surface area contributed by atoms with Crippen LogP contribution in [0.15, 0.2) is 18.3 Å². The van der Waals surface area contributed by atoms with E-state index in [-0.39, 0.29) is 0 Å². The molecule has 1 aromatic rings. The molecule has 2 unspecified atom stereocenters. The fourth-order valence-electron chi connectivity index (χ4n) is 2.39. The quantitative estimate of drug-likeness (QED) is 0.743. The van der Waals surface area contributed by atoms with Crippen LogP contribution in [0, 0.1) is 12.8 Å². The van der Waals surface area contributed by atoms with E-state index >= 15 is 0 Å². The Labute approximate surface area is 112 Å². The topological polar surface area (TPSA) is 24.9 Å². The van der Waals surface area contributed by atoms with Crippen molar-refractivity contribution >= 4 is 0 Å². The highest BCUT2D eigenvalue weighted by molar-refractivity contribution is 5.17. The first kappa shape index (κ1) is 15.2. The lowest BCUT2D eigenvalue weighted by Gasteiger charge is -2.22. The number of hydrogen-bond donors (Lipinski definition) is 1. The maximum atomic E-state index is 4.54. The van der Waals surface area contributed by atoms with Crippen LogP contribution in [0.1, 0.15) is 63.8 Å². The molecular formula is C16H28N2. The van der Waals surface area contributed by atoms with Crippen molar-refractivity contribution in [3.63, 3.8) is 0 Å². The summed E-state index contributed by atoms with van der Waals surface area (Å²) in [4.78, 5) is 4.54. The first-order valence-corrected chi connectivity index (χ1v) is 7.33. The van der Waals surface area contributed by atoms with Crippen molar-refractivity contribution < 1.29 is 0 Å². The SMILES string of the molecule is CCCNC(CC(C)CCC)c1cc(C)ccn1. The molecule has 0 aliphatic carbocycles. The molecule has 18 heavy (non-hydrogen) atoms. The Morgan fingerprint density at radius 1 is 1.28 bits per heavy atom. The third-order valence-corrected chi connectivity index (χ3v) is 3.35. The zero-order chi connectivity index (χ0) is 13.4. The second kappa shape index (κ2) is 8.25. The molecule has 2 nitrogen and oxygen atoms in total. The maximum absolute atomic E-state index is 4.54. The Morgan fingerprint density at radius 2 is 2.06 bits per heavy atom. The normalized spacial score (nSPS) is 14.4. The molecule has 0 saturated carbocycles. The van der Waals surface area contributed by atoms with Crippen molar-refractivity contribution in [2.75, 3.05) is 6.54 Å². The van der Waals surface area contributed by atoms with Gasteiger partial charge in [-0.25, -0.2) is 0 Å². The summed E-state index contributed by atoms with van der Waals surface area (Å²) in [6, 6.07) is 4.69. The van der Waals surface area contributed by atoms with Crippen LogP contribution in [0.2, 0.25) is 0 Å². The summed E-state index contributed by atoms with van der Waals surface area (Å²) in [5, 5.41) is 3.64. The van der Waals surface area contributed by atoms with Gasteiger partial charge in [0.15, 0.2) is 0 Å². The number of nitrogens with zero attached hydrogens (tertiary/aromatic N) is 1. The molecule has 0 saturated heterocycles. The average Bonchev–Trinajstić information content (AvgIpc) is 2.34. The van der Waals surface area contributed by atoms with E-state index in [4.69, 9.17) is 0 Å². The summed E-state index contributed by atoms with van der Waals surface area (Å²) in [7, 11) is 0. The number of nitrogens with one attached hydrogen (secondary N) is 1. The Kier molecular flexibility index (Phi) is 6.96. The average molecular weight is 248 g/mol. The molecule has 2 atom stereocenters. The second-order valence-electron chi connectivity index (χ2n) is 5.39. The van der Waals surface area contributed by atoms with Crippen molar-refractivity contribution in [2.24, 2.45) is 5.92 Å². The maximum Gasteiger partial charge on any atom is 0.0575 e. The van der Waals surface area contributed by atoms with Crippen LogP contribution < -0.4 is 5.32 Å². The highest BCUT2D eigenvalue weighted by Crippen LogP contribution is 2.23. The highest BCUT2D eigenvalue weighted by Gasteiger charge is 2.15. The van der Waals surface area contributed by atoms with Gasteiger partial charge in [-0.15, -0.1) is 0 Å². The summed E-state index contributed by atoms with van der Waals surface area (Å²) >= 11 is 0. The van der Waals surface area contributed by atoms with E-state index in [1.54, 1.807) is 0 Å². The van der Waals surface area contributed by atoms with E-state index in [9.17, 15) is 0 Å². The van der Waals surface area contributed by atoms with Crippen LogP contribution in [-0.2, 0) is 0 Å². The minimum Gasteiger partial charge on any atom is -0.309 e. The highest BCUT2D eigenvalue weighted by atomic mass is 14.9. The zero-order valence-corrected chi connectivity index (χ0v) is 12.4. The van der Waals surface area contributed by atoms with Gasteiger partial charge in [-0.3, -0.25) is 4.98 Å². The number of rotatable bonds is 8. The van der Waals surface area contributed by atoms with Gasteiger partial charge in [-0.2, -0.15) is 0 Å². The monoisotopic (exact) mass is 248 g/mol. The molecule has 0 aliphatic heterocycles. The van der Waals surface area contributed by atoms with Gasteiger partial charge in [0.05, 0.1) is 5.69 Å². The van der Waals surface area contributed by atoms with E-state index in [1.165, 1.54) is 36.9 Å². The number of aromatic nitrogens is 1. The minimum absolute atomic E-state index is 0.409. The number of hydrogen-bond acceptors (Lipinski definition) is 2. The van der Waals surface area contributed by atoms with E-state index in [1.807, 2.05) is 6.20 Å². The summed E-state index contributed by atoms with van der Waals surface area (Å²) < 4.78 is 0. The van der Waals surface area contributed by atoms with Crippen LogP contribution >= 0.6 is 0 Å². The number of aryl methyl sites for hydroxylation is 1. The van der Waals surface area contributed by atoms with Gasteiger partial charge in [0.1, 0.15) is 0 Å². The lowest BCUT2D eigenvalue weighted by molar-refractivity contribution is 0.385. The van der Waals surface area contributed by atoms with Gasteiger partial charge in [0.2, 0.25) is 0 Å². The molecule has 0 radical (unpaired) electrons. The fourth-order valence-corrected chi connectivity index (χ4v) is 2.39. The largest absolute Gasteiger partial charge is 0.309 e. The third-order valence-electron chi connectivity index (χ3n) is 3.35. The molecule has 1 aromatic heterocycles. The van der Waals surface area contributed by atoms with E-state index in [2.05, 4.69) is 50.1 Å². The molecule has 0 aliphatic rings. The molecule has 0 bridgehead atoms. The second-order valence-corrected chi connectivity index (χ2v) is 5.39. The van der Waals surface area contributed by atoms with Gasteiger partial charge >= 0.3 is 0 Å². The molecule has 0 spiro atoms. The van der Waals surface area contributed by atoms with Crippen LogP contribution in [0.4, 0.5) is 0 Å². The van der Waals surface area contributed by atoms with Crippen LogP contribution in [0.5, 0.6) is 0 Å². The van der Waals surface area contributed by atoms with E-state index in [0.717, 1.165) is 12.5 Å². The van der Waals surface area contributed by atoms with Crippen LogP contribution in [0.3, 0.4) is 0 Å². The predicted molar refractivity (Wildman–Crippen MR) is 78.7 cm³/mol. The first-order chi connectivity index (χ1) is 8.67. The van der Waals surface area contributed by atoms with Gasteiger partial charge in [-0.1, -0.05) is 33.6 Å². The Morgan fingerprint density at radius 3 is 2.67 bits per heavy atom. The molecule has 1 rings (SSSR count). The lowest BCUT2D eigenvalue weighted by Crippen LogP contribution is -2.25. The summed E-state index contributed by atoms with van der Waals surface area (Å²) in [6.07, 6.45) is 6.85. The van der Waals surface area contributed by atoms with Crippen molar-refractivity contribution in [3.8, 4) is 0 Å². The zero-order valence-electron chi connectivity index (χ0n) is 12.4. The molecular weight excluding hydrogens is 220 g/mol. The Bertz CT molecular complexity index is 336. The summed E-state index contributed by atoms with van der Waals surface area (Å²) in [5.74, 6) is 0.756. The minimum atomic E-state index is 0.409. The van der Waals surface area contributed by atoms with Crippen LogP contribution in [0.25, 0.3) is 0 Å². The summed E-state index contributed by atoms with van der Waals surface area (Å²) in [5.41, 5.74) is 2.50. The standard InChI is InChI=1S/C16H28N2/c1-5-7-13(3)11-15(17-9-6-2)16-12-14(4)8-10-18-16/h8,10,12-13,15,17H,5-7,9,11H2,1-4H3. The molecule has 2 heteroatoms. The first-order valence-electron chi connectivity index (χ1n) is 7.33. The van der Waals surface area contributed by atoms with Crippen LogP contribution in [-0.4, -0.2) is 11.5 Å². The Balaban J connectivity index is 2.70. The molecule has 102 valence electrons. The Hall–Kier alpha value is -0.890. The fraction of sp³-hybridized carbons (Fsp3) is 0.688. The molecule has 1 N–H and O–H groups in total. The van der Waals surface area contributed by atoms with Crippen molar-refractivity contribution in [2.45, 2.75) is 59.4 Å². The van der Waals surface area contributed by atoms with Gasteiger partial charge in [-0.05, 0) is 49.9 Å². The summed E-state index contributed by atoms with van der Waals surface area (Å²) in [6.45, 7) is 10.0. The molecule has 0 fully saturated rings. The van der Waals surface area contributed by atoms with Crippen molar-refractivity contribution in [1.82, 2.24) is 10.3 Å². The van der Waals surface area contributed by atoms with Gasteiger partial charge in [0, 0.05) is 12.2 Å². The molecule has 0 aromatic carbocycles. The van der Waals surface area contributed by atoms with Crippen molar-refractivity contribution in [1.29, 1.82) is 0 Å². The van der Waals surface area contributed by atoms with Gasteiger partial charge in [0.25, 0.3) is 0 Å². The van der Waals surface area contributed by atoms with E-state index in [0.29, 0.717) is 6.04 Å². The molecule has 0 amide bonds. The number of pyridine rings is 1. The smallest absolute Gasteiger partial charge is 0.0575 e. The predicted octanol–water partition coefficient (Wildman–Crippen LogP) is 4.26. The molecule has 1 heterocycles. The third kappa shape index (κ3) is 5.18.